The fraction of sp³-hybridized carbons (Fsp3) is 0.200. The van der Waals surface area contributed by atoms with E-state index in [1.54, 1.807) is 31.6 Å². The fourth-order valence-corrected chi connectivity index (χ4v) is 1.62. The maximum atomic E-state index is 11.8. The zero-order chi connectivity index (χ0) is 13.5. The summed E-state index contributed by atoms with van der Waals surface area (Å²) in [5, 5.41) is 0. The van der Waals surface area contributed by atoms with Gasteiger partial charge in [-0.15, -0.1) is 0 Å². The van der Waals surface area contributed by atoms with Gasteiger partial charge in [-0.3, -0.25) is 4.98 Å². The second kappa shape index (κ2) is 6.66. The molecule has 0 amide bonds. The Balaban J connectivity index is 1.92. The first-order valence-electron chi connectivity index (χ1n) is 5.93. The van der Waals surface area contributed by atoms with Crippen molar-refractivity contribution in [3.8, 4) is 0 Å². The van der Waals surface area contributed by atoms with Crippen LogP contribution in [0.4, 0.5) is 0 Å². The lowest BCUT2D eigenvalue weighted by Crippen LogP contribution is -2.05. The standard InChI is InChI=1S/C15H15NO3/c1-18-10-12-4-6-14(7-5-12)15(17)19-11-13-3-2-8-16-9-13/h2-9H,10-11H2,1H3. The maximum absolute atomic E-state index is 11.8. The highest BCUT2D eigenvalue weighted by atomic mass is 16.5. The summed E-state index contributed by atoms with van der Waals surface area (Å²) in [4.78, 5) is 15.8. The molecule has 0 N–H and O–H groups in total. The minimum Gasteiger partial charge on any atom is -0.457 e. The molecular weight excluding hydrogens is 242 g/mol. The number of hydrogen-bond donors (Lipinski definition) is 0. The molecule has 0 bridgehead atoms. The molecule has 4 heteroatoms. The van der Waals surface area contributed by atoms with Gasteiger partial charge in [0.25, 0.3) is 0 Å². The Hall–Kier alpha value is -2.20. The molecule has 0 saturated carbocycles. The molecule has 0 atom stereocenters. The van der Waals surface area contributed by atoms with Crippen LogP contribution in [-0.4, -0.2) is 18.1 Å². The Kier molecular flexibility index (Phi) is 4.64. The zero-order valence-corrected chi connectivity index (χ0v) is 10.7. The normalized spacial score (nSPS) is 10.2. The van der Waals surface area contributed by atoms with Gasteiger partial charge in [0, 0.05) is 25.1 Å². The summed E-state index contributed by atoms with van der Waals surface area (Å²) in [6.07, 6.45) is 3.36. The number of pyridine rings is 1. The topological polar surface area (TPSA) is 48.4 Å². The van der Waals surface area contributed by atoms with Crippen LogP contribution in [0, 0.1) is 0 Å². The molecule has 0 aliphatic heterocycles. The van der Waals surface area contributed by atoms with Gasteiger partial charge in [0.05, 0.1) is 12.2 Å². The van der Waals surface area contributed by atoms with Crippen LogP contribution >= 0.6 is 0 Å². The molecule has 1 heterocycles. The minimum absolute atomic E-state index is 0.229. The van der Waals surface area contributed by atoms with E-state index in [9.17, 15) is 4.79 Å². The Labute approximate surface area is 112 Å². The van der Waals surface area contributed by atoms with E-state index in [0.717, 1.165) is 11.1 Å². The summed E-state index contributed by atoms with van der Waals surface area (Å²) in [7, 11) is 1.63. The van der Waals surface area contributed by atoms with Crippen LogP contribution in [0.3, 0.4) is 0 Å². The third kappa shape index (κ3) is 3.89. The lowest BCUT2D eigenvalue weighted by atomic mass is 10.1. The Bertz CT molecular complexity index is 523. The summed E-state index contributed by atoms with van der Waals surface area (Å²) in [5.41, 5.74) is 2.42. The molecule has 0 aliphatic carbocycles. The van der Waals surface area contributed by atoms with Crippen molar-refractivity contribution in [2.24, 2.45) is 0 Å². The second-order valence-electron chi connectivity index (χ2n) is 4.07. The van der Waals surface area contributed by atoms with Crippen molar-refractivity contribution in [1.82, 2.24) is 4.98 Å². The van der Waals surface area contributed by atoms with Crippen LogP contribution in [0.5, 0.6) is 0 Å². The van der Waals surface area contributed by atoms with Crippen LogP contribution in [0.1, 0.15) is 21.5 Å². The van der Waals surface area contributed by atoms with E-state index >= 15 is 0 Å². The quantitative estimate of drug-likeness (QED) is 0.772. The summed E-state index contributed by atoms with van der Waals surface area (Å²) >= 11 is 0. The molecular formula is C15H15NO3. The summed E-state index contributed by atoms with van der Waals surface area (Å²) in [6, 6.07) is 10.8. The number of rotatable bonds is 5. The highest BCUT2D eigenvalue weighted by molar-refractivity contribution is 5.89. The molecule has 2 rings (SSSR count). The van der Waals surface area contributed by atoms with Gasteiger partial charge in [0.2, 0.25) is 0 Å². The van der Waals surface area contributed by atoms with Crippen molar-refractivity contribution < 1.29 is 14.3 Å². The van der Waals surface area contributed by atoms with Gasteiger partial charge in [0.1, 0.15) is 6.61 Å². The van der Waals surface area contributed by atoms with Crippen molar-refractivity contribution >= 4 is 5.97 Å². The smallest absolute Gasteiger partial charge is 0.338 e. The summed E-state index contributed by atoms with van der Waals surface area (Å²) in [5.74, 6) is -0.340. The average molecular weight is 257 g/mol. The first-order chi connectivity index (χ1) is 9.29. The van der Waals surface area contributed by atoms with E-state index in [1.165, 1.54) is 0 Å². The van der Waals surface area contributed by atoms with Crippen molar-refractivity contribution in [2.45, 2.75) is 13.2 Å². The van der Waals surface area contributed by atoms with Gasteiger partial charge in [0.15, 0.2) is 0 Å². The number of hydrogen-bond acceptors (Lipinski definition) is 4. The molecule has 1 aromatic heterocycles. The SMILES string of the molecule is COCc1ccc(C(=O)OCc2cccnc2)cc1. The summed E-state index contributed by atoms with van der Waals surface area (Å²) < 4.78 is 10.2. The average Bonchev–Trinajstić information content (AvgIpc) is 2.47. The van der Waals surface area contributed by atoms with E-state index in [2.05, 4.69) is 4.98 Å². The highest BCUT2D eigenvalue weighted by Crippen LogP contribution is 2.08. The number of esters is 1. The molecule has 19 heavy (non-hydrogen) atoms. The molecule has 1 aromatic carbocycles. The Morgan fingerprint density at radius 3 is 2.53 bits per heavy atom. The van der Waals surface area contributed by atoms with Crippen LogP contribution in [0.25, 0.3) is 0 Å². The van der Waals surface area contributed by atoms with Crippen LogP contribution in [-0.2, 0) is 22.7 Å². The van der Waals surface area contributed by atoms with Crippen LogP contribution in [0.2, 0.25) is 0 Å². The number of methoxy groups -OCH3 is 1. The molecule has 0 spiro atoms. The summed E-state index contributed by atoms with van der Waals surface area (Å²) in [6.45, 7) is 0.761. The van der Waals surface area contributed by atoms with E-state index in [0.29, 0.717) is 12.2 Å². The van der Waals surface area contributed by atoms with Crippen molar-refractivity contribution in [3.05, 3.63) is 65.5 Å². The number of ether oxygens (including phenoxy) is 2. The molecule has 0 aliphatic rings. The maximum Gasteiger partial charge on any atom is 0.338 e. The molecule has 4 nitrogen and oxygen atoms in total. The number of carbonyl (C=O) groups is 1. The number of nitrogens with zero attached hydrogens (tertiary/aromatic N) is 1. The molecule has 98 valence electrons. The minimum atomic E-state index is -0.340. The lowest BCUT2D eigenvalue weighted by Gasteiger charge is -2.05. The van der Waals surface area contributed by atoms with Crippen molar-refractivity contribution in [1.29, 1.82) is 0 Å². The first kappa shape index (κ1) is 13.2. The van der Waals surface area contributed by atoms with E-state index < -0.39 is 0 Å². The highest BCUT2D eigenvalue weighted by Gasteiger charge is 2.07. The van der Waals surface area contributed by atoms with Gasteiger partial charge < -0.3 is 9.47 Å². The third-order valence-corrected chi connectivity index (χ3v) is 2.59. The monoisotopic (exact) mass is 257 g/mol. The predicted molar refractivity (Wildman–Crippen MR) is 70.5 cm³/mol. The molecule has 0 saturated heterocycles. The van der Waals surface area contributed by atoms with Crippen LogP contribution < -0.4 is 0 Å². The van der Waals surface area contributed by atoms with E-state index in [1.807, 2.05) is 24.3 Å². The zero-order valence-electron chi connectivity index (χ0n) is 10.7. The largest absolute Gasteiger partial charge is 0.457 e. The number of carbonyl (C=O) groups excluding carboxylic acids is 1. The Morgan fingerprint density at radius 1 is 1.11 bits per heavy atom. The fourth-order valence-electron chi connectivity index (χ4n) is 1.62. The molecule has 2 aromatic rings. The number of aromatic nitrogens is 1. The molecule has 0 unspecified atom stereocenters. The van der Waals surface area contributed by atoms with Gasteiger partial charge in [-0.25, -0.2) is 4.79 Å². The molecule has 0 radical (unpaired) electrons. The van der Waals surface area contributed by atoms with E-state index in [-0.39, 0.29) is 12.6 Å². The van der Waals surface area contributed by atoms with Crippen LogP contribution in [0.15, 0.2) is 48.8 Å². The van der Waals surface area contributed by atoms with Gasteiger partial charge in [-0.05, 0) is 23.8 Å². The van der Waals surface area contributed by atoms with Gasteiger partial charge in [-0.2, -0.15) is 0 Å². The third-order valence-electron chi connectivity index (χ3n) is 2.59. The number of benzene rings is 1. The van der Waals surface area contributed by atoms with Crippen molar-refractivity contribution in [3.63, 3.8) is 0 Å². The van der Waals surface area contributed by atoms with Crippen molar-refractivity contribution in [2.75, 3.05) is 7.11 Å². The predicted octanol–water partition coefficient (Wildman–Crippen LogP) is 2.59. The molecule has 0 fully saturated rings. The van der Waals surface area contributed by atoms with Gasteiger partial charge >= 0.3 is 5.97 Å². The van der Waals surface area contributed by atoms with E-state index in [4.69, 9.17) is 9.47 Å². The van der Waals surface area contributed by atoms with Gasteiger partial charge in [-0.1, -0.05) is 18.2 Å². The lowest BCUT2D eigenvalue weighted by molar-refractivity contribution is 0.0472. The Morgan fingerprint density at radius 2 is 1.89 bits per heavy atom. The second-order valence-corrected chi connectivity index (χ2v) is 4.07. The first-order valence-corrected chi connectivity index (χ1v) is 5.93.